The van der Waals surface area contributed by atoms with E-state index in [9.17, 15) is 0 Å². The molecule has 0 atom stereocenters. The number of para-hydroxylation sites is 1. The van der Waals surface area contributed by atoms with Gasteiger partial charge in [-0.2, -0.15) is 5.10 Å². The van der Waals surface area contributed by atoms with Crippen molar-refractivity contribution in [3.8, 4) is 28.4 Å². The van der Waals surface area contributed by atoms with Crippen LogP contribution in [0.3, 0.4) is 0 Å². The maximum absolute atomic E-state index is 5.37. The van der Waals surface area contributed by atoms with Gasteiger partial charge in [0.15, 0.2) is 5.82 Å². The summed E-state index contributed by atoms with van der Waals surface area (Å²) in [6.45, 7) is 1.52. The van der Waals surface area contributed by atoms with Gasteiger partial charge >= 0.3 is 0 Å². The van der Waals surface area contributed by atoms with E-state index in [1.165, 1.54) is 23.8 Å². The van der Waals surface area contributed by atoms with Gasteiger partial charge in [0.1, 0.15) is 11.4 Å². The van der Waals surface area contributed by atoms with Crippen LogP contribution < -0.4 is 4.74 Å². The van der Waals surface area contributed by atoms with E-state index in [1.54, 1.807) is 7.11 Å². The van der Waals surface area contributed by atoms with Gasteiger partial charge in [-0.05, 0) is 72.3 Å². The lowest BCUT2D eigenvalue weighted by Gasteiger charge is -2.15. The normalized spacial score (nSPS) is 13.5. The van der Waals surface area contributed by atoms with E-state index in [0.717, 1.165) is 67.8 Å². The Morgan fingerprint density at radius 2 is 1.79 bits per heavy atom. The van der Waals surface area contributed by atoms with Gasteiger partial charge in [-0.3, -0.25) is 14.6 Å². The molecule has 1 aliphatic rings. The molecular formula is C36H32N6O. The SMILES string of the molecule is COc1ccc(Cn2nc(-c3nc4c(CN(C)C5CC5)cccc4[nH]3)c3cc(-c4cncc5ccccc45)ccc32)cc1. The van der Waals surface area contributed by atoms with Crippen LogP contribution >= 0.6 is 0 Å². The molecule has 3 aromatic heterocycles. The number of nitrogens with one attached hydrogen (secondary N) is 1. The second-order valence-corrected chi connectivity index (χ2v) is 11.5. The quantitative estimate of drug-likeness (QED) is 0.208. The van der Waals surface area contributed by atoms with E-state index in [4.69, 9.17) is 14.8 Å². The van der Waals surface area contributed by atoms with E-state index in [0.29, 0.717) is 12.6 Å². The van der Waals surface area contributed by atoms with Crippen molar-refractivity contribution in [3.63, 3.8) is 0 Å². The highest BCUT2D eigenvalue weighted by atomic mass is 16.5. The Hall–Kier alpha value is -5.01. The average molecular weight is 565 g/mol. The first-order chi connectivity index (χ1) is 21.1. The first-order valence-corrected chi connectivity index (χ1v) is 14.8. The maximum atomic E-state index is 5.37. The van der Waals surface area contributed by atoms with Crippen molar-refractivity contribution in [1.29, 1.82) is 0 Å². The molecule has 7 heteroatoms. The number of H-pyrrole nitrogens is 1. The molecule has 0 amide bonds. The molecule has 1 fully saturated rings. The van der Waals surface area contributed by atoms with E-state index < -0.39 is 0 Å². The monoisotopic (exact) mass is 564 g/mol. The van der Waals surface area contributed by atoms with E-state index >= 15 is 0 Å². The highest BCUT2D eigenvalue weighted by Crippen LogP contribution is 2.35. The molecule has 7 aromatic rings. The number of methoxy groups -OCH3 is 1. The van der Waals surface area contributed by atoms with Crippen LogP contribution in [0, 0.1) is 0 Å². The zero-order chi connectivity index (χ0) is 28.9. The van der Waals surface area contributed by atoms with Crippen molar-refractivity contribution in [2.45, 2.75) is 32.0 Å². The molecule has 1 N–H and O–H groups in total. The summed E-state index contributed by atoms with van der Waals surface area (Å²) in [7, 11) is 3.90. The minimum absolute atomic E-state index is 0.632. The van der Waals surface area contributed by atoms with Gasteiger partial charge in [-0.15, -0.1) is 0 Å². The van der Waals surface area contributed by atoms with Crippen LogP contribution in [-0.4, -0.2) is 49.8 Å². The van der Waals surface area contributed by atoms with Crippen molar-refractivity contribution < 1.29 is 4.74 Å². The van der Waals surface area contributed by atoms with Gasteiger partial charge in [0.05, 0.1) is 30.2 Å². The first-order valence-electron chi connectivity index (χ1n) is 14.8. The summed E-state index contributed by atoms with van der Waals surface area (Å²) in [5.74, 6) is 1.62. The molecule has 0 unspecified atom stereocenters. The topological polar surface area (TPSA) is 71.9 Å². The predicted molar refractivity (Wildman–Crippen MR) is 172 cm³/mol. The second kappa shape index (κ2) is 10.4. The fourth-order valence-corrected chi connectivity index (χ4v) is 6.14. The van der Waals surface area contributed by atoms with Crippen molar-refractivity contribution in [2.75, 3.05) is 14.2 Å². The Morgan fingerprint density at radius 1 is 0.930 bits per heavy atom. The highest BCUT2D eigenvalue weighted by Gasteiger charge is 2.27. The molecule has 0 aliphatic heterocycles. The van der Waals surface area contributed by atoms with Crippen LogP contribution in [0.5, 0.6) is 5.75 Å². The number of rotatable bonds is 8. The summed E-state index contributed by atoms with van der Waals surface area (Å²) >= 11 is 0. The predicted octanol–water partition coefficient (Wildman–Crippen LogP) is 7.45. The summed E-state index contributed by atoms with van der Waals surface area (Å²) in [6, 6.07) is 30.2. The lowest BCUT2D eigenvalue weighted by atomic mass is 9.99. The van der Waals surface area contributed by atoms with Gasteiger partial charge < -0.3 is 9.72 Å². The molecule has 0 bridgehead atoms. The van der Waals surface area contributed by atoms with Gasteiger partial charge in [0, 0.05) is 41.3 Å². The Labute approximate surface area is 249 Å². The summed E-state index contributed by atoms with van der Waals surface area (Å²) in [5.41, 5.74) is 8.52. The molecule has 1 aliphatic carbocycles. The Kier molecular flexibility index (Phi) is 6.19. The summed E-state index contributed by atoms with van der Waals surface area (Å²) < 4.78 is 7.45. The number of fused-ring (bicyclic) bond motifs is 3. The molecule has 212 valence electrons. The first kappa shape index (κ1) is 25.7. The van der Waals surface area contributed by atoms with E-state index in [1.807, 2.05) is 24.5 Å². The molecule has 0 radical (unpaired) electrons. The minimum atomic E-state index is 0.632. The number of aromatic nitrogens is 5. The Balaban J connectivity index is 1.28. The van der Waals surface area contributed by atoms with Crippen LogP contribution in [0.25, 0.3) is 55.4 Å². The number of benzene rings is 4. The molecule has 4 aromatic carbocycles. The number of hydrogen-bond acceptors (Lipinski definition) is 5. The lowest BCUT2D eigenvalue weighted by Crippen LogP contribution is -2.20. The molecule has 7 nitrogen and oxygen atoms in total. The van der Waals surface area contributed by atoms with Crippen LogP contribution in [0.1, 0.15) is 24.0 Å². The fraction of sp³-hybridized carbons (Fsp3) is 0.194. The third-order valence-corrected chi connectivity index (χ3v) is 8.63. The highest BCUT2D eigenvalue weighted by molar-refractivity contribution is 6.01. The number of ether oxygens (including phenoxy) is 1. The van der Waals surface area contributed by atoms with Gasteiger partial charge in [-0.25, -0.2) is 4.98 Å². The van der Waals surface area contributed by atoms with Crippen molar-refractivity contribution in [3.05, 3.63) is 108 Å². The largest absolute Gasteiger partial charge is 0.497 e. The molecule has 43 heavy (non-hydrogen) atoms. The lowest BCUT2D eigenvalue weighted by molar-refractivity contribution is 0.317. The number of hydrogen-bond donors (Lipinski definition) is 1. The second-order valence-electron chi connectivity index (χ2n) is 11.5. The molecule has 0 spiro atoms. The third kappa shape index (κ3) is 4.72. The molecule has 3 heterocycles. The summed E-state index contributed by atoms with van der Waals surface area (Å²) in [5, 5.41) is 8.53. The molecule has 8 rings (SSSR count). The van der Waals surface area contributed by atoms with Crippen molar-refractivity contribution >= 4 is 32.7 Å². The molecule has 1 saturated carbocycles. The van der Waals surface area contributed by atoms with Crippen LogP contribution in [-0.2, 0) is 13.1 Å². The summed E-state index contributed by atoms with van der Waals surface area (Å²) in [6.07, 6.45) is 6.44. The number of aromatic amines is 1. The van der Waals surface area contributed by atoms with Crippen molar-refractivity contribution in [1.82, 2.24) is 29.6 Å². The Bertz CT molecular complexity index is 2100. The molecular weight excluding hydrogens is 532 g/mol. The average Bonchev–Trinajstić information content (AvgIpc) is 3.72. The standard InChI is InChI=1S/C36H32N6O/c1-41(27-13-14-27)22-26-7-5-9-32-34(26)39-36(38-32)35-30-18-24(31-20-37-19-25-6-3-4-8-29(25)31)12-17-33(30)42(40-35)21-23-10-15-28(43-2)16-11-23/h3-12,15-20,27H,13-14,21-22H2,1-2H3,(H,38,39). The smallest absolute Gasteiger partial charge is 0.159 e. The van der Waals surface area contributed by atoms with Gasteiger partial charge in [0.2, 0.25) is 0 Å². The van der Waals surface area contributed by atoms with E-state index in [2.05, 4.69) is 99.4 Å². The van der Waals surface area contributed by atoms with Crippen LogP contribution in [0.15, 0.2) is 97.3 Å². The zero-order valence-electron chi connectivity index (χ0n) is 24.3. The van der Waals surface area contributed by atoms with Crippen LogP contribution in [0.4, 0.5) is 0 Å². The fourth-order valence-electron chi connectivity index (χ4n) is 6.14. The summed E-state index contributed by atoms with van der Waals surface area (Å²) in [4.78, 5) is 15.8. The minimum Gasteiger partial charge on any atom is -0.497 e. The van der Waals surface area contributed by atoms with E-state index in [-0.39, 0.29) is 0 Å². The zero-order valence-corrected chi connectivity index (χ0v) is 24.3. The number of nitrogens with zero attached hydrogens (tertiary/aromatic N) is 5. The van der Waals surface area contributed by atoms with Crippen molar-refractivity contribution in [2.24, 2.45) is 0 Å². The maximum Gasteiger partial charge on any atom is 0.159 e. The number of pyridine rings is 1. The Morgan fingerprint density at radius 3 is 2.63 bits per heavy atom. The van der Waals surface area contributed by atoms with Crippen LogP contribution in [0.2, 0.25) is 0 Å². The van der Waals surface area contributed by atoms with Gasteiger partial charge in [0.25, 0.3) is 0 Å². The number of imidazole rings is 1. The molecule has 0 saturated heterocycles. The van der Waals surface area contributed by atoms with Gasteiger partial charge in [-0.1, -0.05) is 54.6 Å². The third-order valence-electron chi connectivity index (χ3n) is 8.63.